The van der Waals surface area contributed by atoms with Crippen molar-refractivity contribution < 1.29 is 14.6 Å². The summed E-state index contributed by atoms with van der Waals surface area (Å²) in [6.45, 7) is 9.81. The molecule has 118 valence electrons. The Labute approximate surface area is 126 Å². The smallest absolute Gasteiger partial charge is 0.319 e. The molecule has 0 aromatic heterocycles. The fourth-order valence-corrected chi connectivity index (χ4v) is 1.59. The molecule has 5 heteroatoms. The molecule has 1 aromatic carbocycles. The topological polar surface area (TPSA) is 70.6 Å². The highest BCUT2D eigenvalue weighted by molar-refractivity contribution is 5.90. The fourth-order valence-electron chi connectivity index (χ4n) is 1.59. The molecule has 1 rings (SSSR count). The standard InChI is InChI=1S/C16H26N2O3/c1-11(2)21-13-9-7-6-8-12(13)18-15(20)17-10-14(19)16(3,4)5/h6-9,11,14,19H,10H2,1-5H3,(H2,17,18,20). The lowest BCUT2D eigenvalue weighted by atomic mass is 9.89. The average Bonchev–Trinajstić information content (AvgIpc) is 2.36. The third-order valence-corrected chi connectivity index (χ3v) is 2.95. The summed E-state index contributed by atoms with van der Waals surface area (Å²) >= 11 is 0. The van der Waals surface area contributed by atoms with E-state index < -0.39 is 6.10 Å². The van der Waals surface area contributed by atoms with E-state index in [1.807, 2.05) is 46.8 Å². The van der Waals surface area contributed by atoms with Crippen LogP contribution in [0.2, 0.25) is 0 Å². The normalized spacial score (nSPS) is 12.9. The largest absolute Gasteiger partial charge is 0.489 e. The molecule has 0 aliphatic rings. The van der Waals surface area contributed by atoms with E-state index in [1.54, 1.807) is 12.1 Å². The van der Waals surface area contributed by atoms with Gasteiger partial charge in [-0.25, -0.2) is 4.79 Å². The van der Waals surface area contributed by atoms with Gasteiger partial charge in [-0.1, -0.05) is 32.9 Å². The molecule has 2 amide bonds. The molecule has 0 bridgehead atoms. The number of hydrogen-bond acceptors (Lipinski definition) is 3. The molecule has 1 aromatic rings. The van der Waals surface area contributed by atoms with Crippen molar-refractivity contribution in [1.29, 1.82) is 0 Å². The minimum atomic E-state index is -0.606. The van der Waals surface area contributed by atoms with Crippen LogP contribution in [0.15, 0.2) is 24.3 Å². The average molecular weight is 294 g/mol. The monoisotopic (exact) mass is 294 g/mol. The lowest BCUT2D eigenvalue weighted by Crippen LogP contribution is -2.40. The van der Waals surface area contributed by atoms with E-state index in [4.69, 9.17) is 4.74 Å². The summed E-state index contributed by atoms with van der Waals surface area (Å²) in [5, 5.41) is 15.3. The SMILES string of the molecule is CC(C)Oc1ccccc1NC(=O)NCC(O)C(C)(C)C. The summed E-state index contributed by atoms with van der Waals surface area (Å²) in [5.41, 5.74) is 0.334. The van der Waals surface area contributed by atoms with Gasteiger partial charge < -0.3 is 20.5 Å². The van der Waals surface area contributed by atoms with E-state index in [0.717, 1.165) is 0 Å². The van der Waals surface area contributed by atoms with Crippen LogP contribution in [-0.2, 0) is 0 Å². The van der Waals surface area contributed by atoms with Crippen molar-refractivity contribution in [3.63, 3.8) is 0 Å². The Morgan fingerprint density at radius 1 is 1.29 bits per heavy atom. The summed E-state index contributed by atoms with van der Waals surface area (Å²) < 4.78 is 5.63. The first kappa shape index (κ1) is 17.3. The molecule has 0 aliphatic carbocycles. The highest BCUT2D eigenvalue weighted by Gasteiger charge is 2.22. The maximum absolute atomic E-state index is 11.9. The van der Waals surface area contributed by atoms with Gasteiger partial charge in [0.05, 0.1) is 17.9 Å². The summed E-state index contributed by atoms with van der Waals surface area (Å²) in [5.74, 6) is 0.624. The third kappa shape index (κ3) is 6.04. The summed E-state index contributed by atoms with van der Waals surface area (Å²) in [4.78, 5) is 11.9. The van der Waals surface area contributed by atoms with Crippen LogP contribution in [0.1, 0.15) is 34.6 Å². The Kier molecular flexibility index (Phi) is 6.03. The van der Waals surface area contributed by atoms with Gasteiger partial charge in [0, 0.05) is 6.54 Å². The number of anilines is 1. The van der Waals surface area contributed by atoms with Crippen LogP contribution in [0.4, 0.5) is 10.5 Å². The van der Waals surface area contributed by atoms with E-state index in [2.05, 4.69) is 10.6 Å². The van der Waals surface area contributed by atoms with Crippen molar-refractivity contribution in [2.24, 2.45) is 5.41 Å². The van der Waals surface area contributed by atoms with Crippen LogP contribution in [0.25, 0.3) is 0 Å². The van der Waals surface area contributed by atoms with Crippen LogP contribution < -0.4 is 15.4 Å². The zero-order chi connectivity index (χ0) is 16.0. The van der Waals surface area contributed by atoms with Gasteiger partial charge in [-0.05, 0) is 31.4 Å². The maximum Gasteiger partial charge on any atom is 0.319 e. The number of nitrogens with one attached hydrogen (secondary N) is 2. The quantitative estimate of drug-likeness (QED) is 0.782. The van der Waals surface area contributed by atoms with Gasteiger partial charge >= 0.3 is 6.03 Å². The predicted octanol–water partition coefficient (Wildman–Crippen LogP) is 3.00. The Balaban J connectivity index is 2.59. The van der Waals surface area contributed by atoms with Gasteiger partial charge in [-0.15, -0.1) is 0 Å². The lowest BCUT2D eigenvalue weighted by Gasteiger charge is -2.26. The molecule has 0 aliphatic heterocycles. The molecule has 0 spiro atoms. The van der Waals surface area contributed by atoms with Gasteiger partial charge in [-0.2, -0.15) is 0 Å². The van der Waals surface area contributed by atoms with Crippen LogP contribution in [0.5, 0.6) is 5.75 Å². The van der Waals surface area contributed by atoms with Crippen molar-refractivity contribution in [2.75, 3.05) is 11.9 Å². The molecular weight excluding hydrogens is 268 g/mol. The number of benzene rings is 1. The Morgan fingerprint density at radius 3 is 2.48 bits per heavy atom. The molecule has 5 nitrogen and oxygen atoms in total. The minimum Gasteiger partial charge on any atom is -0.489 e. The first-order valence-electron chi connectivity index (χ1n) is 7.18. The van der Waals surface area contributed by atoms with Crippen LogP contribution >= 0.6 is 0 Å². The molecule has 0 saturated heterocycles. The molecule has 0 heterocycles. The lowest BCUT2D eigenvalue weighted by molar-refractivity contribution is 0.0654. The van der Waals surface area contributed by atoms with Crippen molar-refractivity contribution in [3.8, 4) is 5.75 Å². The van der Waals surface area contributed by atoms with Gasteiger partial charge in [-0.3, -0.25) is 0 Å². The highest BCUT2D eigenvalue weighted by atomic mass is 16.5. The number of ether oxygens (including phenoxy) is 1. The van der Waals surface area contributed by atoms with E-state index in [1.165, 1.54) is 0 Å². The van der Waals surface area contributed by atoms with Crippen LogP contribution in [0.3, 0.4) is 0 Å². The van der Waals surface area contributed by atoms with Crippen molar-refractivity contribution in [2.45, 2.75) is 46.8 Å². The Bertz CT molecular complexity index is 467. The van der Waals surface area contributed by atoms with Gasteiger partial charge in [0.2, 0.25) is 0 Å². The predicted molar refractivity (Wildman–Crippen MR) is 84.7 cm³/mol. The molecular formula is C16H26N2O3. The summed E-state index contributed by atoms with van der Waals surface area (Å²) in [7, 11) is 0. The number of carbonyl (C=O) groups excluding carboxylic acids is 1. The van der Waals surface area contributed by atoms with Crippen LogP contribution in [-0.4, -0.2) is 29.9 Å². The van der Waals surface area contributed by atoms with E-state index in [0.29, 0.717) is 11.4 Å². The zero-order valence-corrected chi connectivity index (χ0v) is 13.4. The second-order valence-electron chi connectivity index (χ2n) is 6.38. The first-order valence-corrected chi connectivity index (χ1v) is 7.18. The van der Waals surface area contributed by atoms with E-state index in [-0.39, 0.29) is 24.1 Å². The molecule has 21 heavy (non-hydrogen) atoms. The van der Waals surface area contributed by atoms with E-state index in [9.17, 15) is 9.90 Å². The Hall–Kier alpha value is -1.75. The minimum absolute atomic E-state index is 0.0266. The number of para-hydroxylation sites is 2. The number of amides is 2. The fraction of sp³-hybridized carbons (Fsp3) is 0.562. The number of urea groups is 1. The van der Waals surface area contributed by atoms with Gasteiger partial charge in [0.15, 0.2) is 0 Å². The molecule has 0 fully saturated rings. The van der Waals surface area contributed by atoms with Gasteiger partial charge in [0.25, 0.3) is 0 Å². The zero-order valence-electron chi connectivity index (χ0n) is 13.4. The maximum atomic E-state index is 11.9. The molecule has 0 radical (unpaired) electrons. The number of carbonyl (C=O) groups is 1. The molecule has 1 atom stereocenters. The second-order valence-corrected chi connectivity index (χ2v) is 6.38. The van der Waals surface area contributed by atoms with Crippen molar-refractivity contribution >= 4 is 11.7 Å². The van der Waals surface area contributed by atoms with Crippen molar-refractivity contribution in [3.05, 3.63) is 24.3 Å². The molecule has 3 N–H and O–H groups in total. The van der Waals surface area contributed by atoms with Gasteiger partial charge in [0.1, 0.15) is 5.75 Å². The van der Waals surface area contributed by atoms with Crippen molar-refractivity contribution in [1.82, 2.24) is 5.32 Å². The van der Waals surface area contributed by atoms with E-state index >= 15 is 0 Å². The van der Waals surface area contributed by atoms with Crippen LogP contribution in [0, 0.1) is 5.41 Å². The number of aliphatic hydroxyl groups is 1. The summed E-state index contributed by atoms with van der Waals surface area (Å²) in [6, 6.07) is 6.90. The second kappa shape index (κ2) is 7.31. The number of rotatable bonds is 5. The summed E-state index contributed by atoms with van der Waals surface area (Å²) in [6.07, 6.45) is -0.580. The number of aliphatic hydroxyl groups excluding tert-OH is 1. The third-order valence-electron chi connectivity index (χ3n) is 2.95. The Morgan fingerprint density at radius 2 is 1.90 bits per heavy atom. The molecule has 0 saturated carbocycles. The first-order chi connectivity index (χ1) is 9.70. The number of hydrogen-bond donors (Lipinski definition) is 3. The molecule has 1 unspecified atom stereocenters. The highest BCUT2D eigenvalue weighted by Crippen LogP contribution is 2.24.